The van der Waals surface area contributed by atoms with E-state index in [0.717, 1.165) is 18.5 Å². The Morgan fingerprint density at radius 1 is 1.31 bits per heavy atom. The number of carbonyl (C=O) groups is 2. The highest BCUT2D eigenvalue weighted by Crippen LogP contribution is 2.33. The van der Waals surface area contributed by atoms with Gasteiger partial charge in [-0.1, -0.05) is 47.7 Å². The van der Waals surface area contributed by atoms with Gasteiger partial charge in [-0.05, 0) is 36.6 Å². The second kappa shape index (κ2) is 10.6. The molecule has 1 fully saturated rings. The summed E-state index contributed by atoms with van der Waals surface area (Å²) in [5, 5.41) is 3.52. The Hall–Kier alpha value is -2.16. The van der Waals surface area contributed by atoms with Gasteiger partial charge in [0.05, 0.1) is 11.2 Å². The zero-order valence-electron chi connectivity index (χ0n) is 15.7. The number of hydrogen-bond acceptors (Lipinski definition) is 5. The molecule has 0 saturated carbocycles. The molecule has 0 bridgehead atoms. The van der Waals surface area contributed by atoms with E-state index in [1.807, 2.05) is 22.9 Å². The number of thioether (sulfide) groups is 1. The van der Waals surface area contributed by atoms with Gasteiger partial charge < -0.3 is 9.88 Å². The lowest BCUT2D eigenvalue weighted by Gasteiger charge is -2.14. The van der Waals surface area contributed by atoms with Gasteiger partial charge in [-0.3, -0.25) is 14.5 Å². The van der Waals surface area contributed by atoms with E-state index < -0.39 is 0 Å². The first kappa shape index (κ1) is 21.5. The van der Waals surface area contributed by atoms with Crippen molar-refractivity contribution in [2.24, 2.45) is 0 Å². The minimum Gasteiger partial charge on any atom is -0.356 e. The van der Waals surface area contributed by atoms with Gasteiger partial charge in [0.25, 0.3) is 5.91 Å². The molecule has 0 aliphatic carbocycles. The fraction of sp³-hybridized carbons (Fsp3) is 0.300. The number of nitrogens with zero attached hydrogens (tertiary/aromatic N) is 3. The van der Waals surface area contributed by atoms with Gasteiger partial charge >= 0.3 is 0 Å². The average Bonchev–Trinajstić information content (AvgIpc) is 3.29. The molecular formula is C20H21ClN4O2S2. The third-order valence-corrected chi connectivity index (χ3v) is 5.89. The van der Waals surface area contributed by atoms with Crippen molar-refractivity contribution in [1.82, 2.24) is 19.8 Å². The van der Waals surface area contributed by atoms with Crippen molar-refractivity contribution in [3.05, 3.63) is 58.5 Å². The number of halogens is 1. The maximum absolute atomic E-state index is 12.6. The zero-order chi connectivity index (χ0) is 20.6. The summed E-state index contributed by atoms with van der Waals surface area (Å²) in [7, 11) is 0. The summed E-state index contributed by atoms with van der Waals surface area (Å²) in [6.45, 7) is 1.86. The van der Waals surface area contributed by atoms with Crippen molar-refractivity contribution in [2.45, 2.75) is 25.8 Å². The van der Waals surface area contributed by atoms with Gasteiger partial charge in [0.1, 0.15) is 4.32 Å². The van der Waals surface area contributed by atoms with E-state index in [1.54, 1.807) is 35.6 Å². The number of imidazole rings is 1. The first-order valence-electron chi connectivity index (χ1n) is 9.26. The largest absolute Gasteiger partial charge is 0.356 e. The molecule has 0 spiro atoms. The van der Waals surface area contributed by atoms with E-state index >= 15 is 0 Å². The Labute approximate surface area is 184 Å². The molecule has 2 heterocycles. The van der Waals surface area contributed by atoms with Gasteiger partial charge in [0.2, 0.25) is 5.91 Å². The van der Waals surface area contributed by atoms with E-state index in [9.17, 15) is 9.59 Å². The predicted octanol–water partition coefficient (Wildman–Crippen LogP) is 3.72. The van der Waals surface area contributed by atoms with Crippen LogP contribution in [-0.2, 0) is 16.1 Å². The molecule has 3 rings (SSSR count). The molecule has 1 aromatic carbocycles. The van der Waals surface area contributed by atoms with Crippen LogP contribution in [0, 0.1) is 0 Å². The van der Waals surface area contributed by atoms with E-state index in [4.69, 9.17) is 23.8 Å². The van der Waals surface area contributed by atoms with Gasteiger partial charge in [-0.15, -0.1) is 0 Å². The molecule has 2 amide bonds. The van der Waals surface area contributed by atoms with Crippen molar-refractivity contribution in [3.63, 3.8) is 0 Å². The molecule has 9 heteroatoms. The highest BCUT2D eigenvalue weighted by Gasteiger charge is 2.31. The molecule has 2 aromatic rings. The standard InChI is InChI=1S/C20H21ClN4O2S2/c21-16-5-1-4-15(12-16)13-17-19(27)25(20(28)29-17)10-2-6-18(26)23-7-3-9-24-11-8-22-14-24/h1,4-5,8,11-14H,2-3,6-7,9-10H2,(H,23,26)/b17-13+. The Morgan fingerprint density at radius 2 is 2.17 bits per heavy atom. The number of amides is 2. The van der Waals surface area contributed by atoms with Crippen LogP contribution in [0.4, 0.5) is 0 Å². The Balaban J connectivity index is 1.40. The Bertz CT molecular complexity index is 915. The summed E-state index contributed by atoms with van der Waals surface area (Å²) in [5.74, 6) is -0.142. The second-order valence-electron chi connectivity index (χ2n) is 6.50. The van der Waals surface area contributed by atoms with Gasteiger partial charge in [-0.2, -0.15) is 0 Å². The summed E-state index contributed by atoms with van der Waals surface area (Å²) in [6.07, 6.45) is 8.93. The molecule has 29 heavy (non-hydrogen) atoms. The predicted molar refractivity (Wildman–Crippen MR) is 120 cm³/mol. The summed E-state index contributed by atoms with van der Waals surface area (Å²) in [5.41, 5.74) is 0.855. The lowest BCUT2D eigenvalue weighted by Crippen LogP contribution is -2.31. The molecule has 152 valence electrons. The summed E-state index contributed by atoms with van der Waals surface area (Å²) < 4.78 is 2.49. The normalized spacial score (nSPS) is 15.3. The first-order chi connectivity index (χ1) is 14.0. The molecule has 6 nitrogen and oxygen atoms in total. The molecule has 0 radical (unpaired) electrons. The van der Waals surface area contributed by atoms with E-state index in [-0.39, 0.29) is 11.8 Å². The minimum absolute atomic E-state index is 0.0180. The molecule has 1 aliphatic heterocycles. The third kappa shape index (κ3) is 6.42. The van der Waals surface area contributed by atoms with E-state index in [1.165, 1.54) is 11.8 Å². The first-order valence-corrected chi connectivity index (χ1v) is 10.9. The van der Waals surface area contributed by atoms with Crippen LogP contribution in [-0.4, -0.2) is 43.7 Å². The molecule has 1 aromatic heterocycles. The van der Waals surface area contributed by atoms with Crippen LogP contribution in [0.2, 0.25) is 5.02 Å². The fourth-order valence-electron chi connectivity index (χ4n) is 2.84. The maximum atomic E-state index is 12.6. The number of thiocarbonyl (C=S) groups is 1. The van der Waals surface area contributed by atoms with Crippen molar-refractivity contribution < 1.29 is 9.59 Å². The molecule has 1 saturated heterocycles. The number of aromatic nitrogens is 2. The molecule has 0 atom stereocenters. The molecular weight excluding hydrogens is 428 g/mol. The number of aryl methyl sites for hydroxylation is 1. The minimum atomic E-state index is -0.124. The van der Waals surface area contributed by atoms with Crippen LogP contribution in [0.3, 0.4) is 0 Å². The lowest BCUT2D eigenvalue weighted by atomic mass is 10.2. The third-order valence-electron chi connectivity index (χ3n) is 4.28. The summed E-state index contributed by atoms with van der Waals surface area (Å²) in [4.78, 5) is 30.7. The van der Waals surface area contributed by atoms with Gasteiger partial charge in [0, 0.05) is 43.5 Å². The maximum Gasteiger partial charge on any atom is 0.266 e. The van der Waals surface area contributed by atoms with Crippen LogP contribution in [0.15, 0.2) is 47.9 Å². The molecule has 1 aliphatic rings. The van der Waals surface area contributed by atoms with E-state index in [2.05, 4.69) is 10.3 Å². The second-order valence-corrected chi connectivity index (χ2v) is 8.61. The van der Waals surface area contributed by atoms with Gasteiger partial charge in [-0.25, -0.2) is 4.98 Å². The molecule has 0 unspecified atom stereocenters. The van der Waals surface area contributed by atoms with Crippen molar-refractivity contribution >= 4 is 57.8 Å². The van der Waals surface area contributed by atoms with Crippen LogP contribution < -0.4 is 5.32 Å². The number of carbonyl (C=O) groups excluding carboxylic acids is 2. The quantitative estimate of drug-likeness (QED) is 0.359. The van der Waals surface area contributed by atoms with Crippen LogP contribution in [0.5, 0.6) is 0 Å². The van der Waals surface area contributed by atoms with Gasteiger partial charge in [0.15, 0.2) is 0 Å². The lowest BCUT2D eigenvalue weighted by molar-refractivity contribution is -0.124. The van der Waals surface area contributed by atoms with Crippen molar-refractivity contribution in [2.75, 3.05) is 13.1 Å². The monoisotopic (exact) mass is 448 g/mol. The zero-order valence-corrected chi connectivity index (χ0v) is 18.1. The Kier molecular flexibility index (Phi) is 7.85. The number of nitrogens with one attached hydrogen (secondary N) is 1. The average molecular weight is 449 g/mol. The SMILES string of the molecule is O=C(CCCN1C(=O)/C(=C\c2cccc(Cl)c2)SC1=S)NCCCn1ccnc1. The number of rotatable bonds is 9. The van der Waals surface area contributed by atoms with Crippen molar-refractivity contribution in [1.29, 1.82) is 0 Å². The number of benzene rings is 1. The fourth-order valence-corrected chi connectivity index (χ4v) is 4.34. The smallest absolute Gasteiger partial charge is 0.266 e. The van der Waals surface area contributed by atoms with Crippen LogP contribution >= 0.6 is 35.6 Å². The Morgan fingerprint density at radius 3 is 2.93 bits per heavy atom. The highest BCUT2D eigenvalue weighted by molar-refractivity contribution is 8.26. The topological polar surface area (TPSA) is 67.2 Å². The summed E-state index contributed by atoms with van der Waals surface area (Å²) in [6, 6.07) is 7.30. The van der Waals surface area contributed by atoms with Crippen molar-refractivity contribution in [3.8, 4) is 0 Å². The highest BCUT2D eigenvalue weighted by atomic mass is 35.5. The summed E-state index contributed by atoms with van der Waals surface area (Å²) >= 11 is 12.6. The molecule has 1 N–H and O–H groups in total. The van der Waals surface area contributed by atoms with Crippen LogP contribution in [0.25, 0.3) is 6.08 Å². The van der Waals surface area contributed by atoms with E-state index in [0.29, 0.717) is 40.2 Å². The van der Waals surface area contributed by atoms with Crippen LogP contribution in [0.1, 0.15) is 24.8 Å². The number of hydrogen-bond donors (Lipinski definition) is 1.